The van der Waals surface area contributed by atoms with Crippen LogP contribution < -0.4 is 0 Å². The Morgan fingerprint density at radius 1 is 1.42 bits per heavy atom. The number of ether oxygens (including phenoxy) is 1. The summed E-state index contributed by atoms with van der Waals surface area (Å²) in [7, 11) is 0. The van der Waals surface area contributed by atoms with Crippen LogP contribution in [0.3, 0.4) is 0 Å². The van der Waals surface area contributed by atoms with Crippen LogP contribution in [-0.4, -0.2) is 40.6 Å². The molecule has 0 saturated carbocycles. The van der Waals surface area contributed by atoms with E-state index in [4.69, 9.17) is 14.3 Å². The lowest BCUT2D eigenvalue weighted by Gasteiger charge is -2.23. The quantitative estimate of drug-likeness (QED) is 0.868. The van der Waals surface area contributed by atoms with Crippen LogP contribution in [0.1, 0.15) is 25.5 Å². The third-order valence-electron chi connectivity index (χ3n) is 3.19. The minimum atomic E-state index is -1.01. The average molecular weight is 267 g/mol. The number of likely N-dealkylation sites (N-methyl/N-ethyl adjacent to an activating group) is 1. The van der Waals surface area contributed by atoms with Crippen LogP contribution in [0.5, 0.6) is 0 Å². The SMILES string of the molecule is CCN(Cc1ccco1)C(=O)C1CCC(C(=O)O)O1. The van der Waals surface area contributed by atoms with Gasteiger partial charge in [-0.15, -0.1) is 0 Å². The molecule has 1 saturated heterocycles. The van der Waals surface area contributed by atoms with Crippen molar-refractivity contribution < 1.29 is 23.8 Å². The largest absolute Gasteiger partial charge is 0.479 e. The van der Waals surface area contributed by atoms with E-state index in [0.29, 0.717) is 31.7 Å². The van der Waals surface area contributed by atoms with Crippen molar-refractivity contribution in [2.45, 2.75) is 38.5 Å². The number of amides is 1. The number of carboxylic acids is 1. The molecule has 1 amide bonds. The van der Waals surface area contributed by atoms with Gasteiger partial charge in [0.1, 0.15) is 11.9 Å². The summed E-state index contributed by atoms with van der Waals surface area (Å²) in [5.74, 6) is -0.491. The lowest BCUT2D eigenvalue weighted by molar-refractivity contribution is -0.155. The first kappa shape index (κ1) is 13.6. The van der Waals surface area contributed by atoms with E-state index < -0.39 is 18.2 Å². The Balaban J connectivity index is 1.95. The monoisotopic (exact) mass is 267 g/mol. The fraction of sp³-hybridized carbons (Fsp3) is 0.538. The minimum Gasteiger partial charge on any atom is -0.479 e. The minimum absolute atomic E-state index is 0.178. The van der Waals surface area contributed by atoms with Gasteiger partial charge in [-0.25, -0.2) is 4.79 Å². The second kappa shape index (κ2) is 5.88. The fourth-order valence-corrected chi connectivity index (χ4v) is 2.14. The number of nitrogens with zero attached hydrogens (tertiary/aromatic N) is 1. The first-order valence-electron chi connectivity index (χ1n) is 6.31. The molecule has 1 fully saturated rings. The number of carbonyl (C=O) groups excluding carboxylic acids is 1. The molecule has 19 heavy (non-hydrogen) atoms. The van der Waals surface area contributed by atoms with Crippen molar-refractivity contribution in [2.75, 3.05) is 6.54 Å². The number of aliphatic carboxylic acids is 1. The standard InChI is InChI=1S/C13H17NO5/c1-2-14(8-9-4-3-7-18-9)12(15)10-5-6-11(19-10)13(16)17/h3-4,7,10-11H,2,5-6,8H2,1H3,(H,16,17). The van der Waals surface area contributed by atoms with E-state index in [1.54, 1.807) is 23.3 Å². The Labute approximate surface area is 110 Å². The normalized spacial score (nSPS) is 22.4. The Hall–Kier alpha value is -1.82. The highest BCUT2D eigenvalue weighted by atomic mass is 16.5. The summed E-state index contributed by atoms with van der Waals surface area (Å²) in [5, 5.41) is 8.85. The first-order chi connectivity index (χ1) is 9.11. The lowest BCUT2D eigenvalue weighted by atomic mass is 10.2. The van der Waals surface area contributed by atoms with Gasteiger partial charge in [-0.2, -0.15) is 0 Å². The highest BCUT2D eigenvalue weighted by molar-refractivity contribution is 5.82. The maximum Gasteiger partial charge on any atom is 0.332 e. The van der Waals surface area contributed by atoms with Gasteiger partial charge in [0.15, 0.2) is 6.10 Å². The van der Waals surface area contributed by atoms with Crippen molar-refractivity contribution in [3.63, 3.8) is 0 Å². The van der Waals surface area contributed by atoms with Crippen LogP contribution in [0.15, 0.2) is 22.8 Å². The molecule has 1 N–H and O–H groups in total. The molecule has 1 aliphatic rings. The topological polar surface area (TPSA) is 80.0 Å². The molecule has 1 aliphatic heterocycles. The van der Waals surface area contributed by atoms with Crippen molar-refractivity contribution >= 4 is 11.9 Å². The van der Waals surface area contributed by atoms with Crippen LogP contribution in [0.2, 0.25) is 0 Å². The Bertz CT molecular complexity index is 442. The molecule has 0 spiro atoms. The number of furan rings is 1. The van der Waals surface area contributed by atoms with E-state index in [0.717, 1.165) is 0 Å². The highest BCUT2D eigenvalue weighted by Crippen LogP contribution is 2.22. The van der Waals surface area contributed by atoms with Gasteiger partial charge < -0.3 is 19.2 Å². The van der Waals surface area contributed by atoms with Crippen molar-refractivity contribution in [2.24, 2.45) is 0 Å². The Kier molecular flexibility index (Phi) is 4.21. The highest BCUT2D eigenvalue weighted by Gasteiger charge is 2.36. The Morgan fingerprint density at radius 3 is 2.68 bits per heavy atom. The zero-order valence-electron chi connectivity index (χ0n) is 10.7. The second-order valence-electron chi connectivity index (χ2n) is 4.46. The van der Waals surface area contributed by atoms with Crippen molar-refractivity contribution in [1.29, 1.82) is 0 Å². The zero-order chi connectivity index (χ0) is 13.8. The lowest BCUT2D eigenvalue weighted by Crippen LogP contribution is -2.39. The van der Waals surface area contributed by atoms with Crippen molar-refractivity contribution in [1.82, 2.24) is 4.90 Å². The van der Waals surface area contributed by atoms with Crippen LogP contribution in [0.25, 0.3) is 0 Å². The van der Waals surface area contributed by atoms with Crippen LogP contribution in [0.4, 0.5) is 0 Å². The number of carboxylic acid groups (broad SMARTS) is 1. The molecule has 2 rings (SSSR count). The molecular weight excluding hydrogens is 250 g/mol. The summed E-state index contributed by atoms with van der Waals surface area (Å²) in [6, 6.07) is 3.56. The zero-order valence-corrected chi connectivity index (χ0v) is 10.7. The third kappa shape index (κ3) is 3.14. The van der Waals surface area contributed by atoms with Gasteiger partial charge in [0.25, 0.3) is 5.91 Å². The van der Waals surface area contributed by atoms with Gasteiger partial charge in [0.05, 0.1) is 12.8 Å². The van der Waals surface area contributed by atoms with E-state index in [2.05, 4.69) is 0 Å². The molecule has 2 atom stereocenters. The van der Waals surface area contributed by atoms with E-state index in [-0.39, 0.29) is 5.91 Å². The summed E-state index contributed by atoms with van der Waals surface area (Å²) in [6.07, 6.45) is 0.863. The van der Waals surface area contributed by atoms with Gasteiger partial charge in [-0.05, 0) is 31.9 Å². The van der Waals surface area contributed by atoms with Gasteiger partial charge >= 0.3 is 5.97 Å². The molecule has 0 aliphatic carbocycles. The molecule has 2 heterocycles. The fourth-order valence-electron chi connectivity index (χ4n) is 2.14. The smallest absolute Gasteiger partial charge is 0.332 e. The predicted octanol–water partition coefficient (Wildman–Crippen LogP) is 1.26. The van der Waals surface area contributed by atoms with Crippen LogP contribution >= 0.6 is 0 Å². The van der Waals surface area contributed by atoms with Gasteiger partial charge in [0, 0.05) is 6.54 Å². The van der Waals surface area contributed by atoms with E-state index in [1.165, 1.54) is 0 Å². The van der Waals surface area contributed by atoms with E-state index in [9.17, 15) is 9.59 Å². The molecule has 1 aromatic heterocycles. The first-order valence-corrected chi connectivity index (χ1v) is 6.31. The summed E-state index contributed by atoms with van der Waals surface area (Å²) in [5.41, 5.74) is 0. The molecule has 6 heteroatoms. The molecule has 6 nitrogen and oxygen atoms in total. The van der Waals surface area contributed by atoms with E-state index >= 15 is 0 Å². The van der Waals surface area contributed by atoms with Gasteiger partial charge in [-0.1, -0.05) is 0 Å². The predicted molar refractivity (Wildman–Crippen MR) is 65.3 cm³/mol. The molecule has 0 aromatic carbocycles. The van der Waals surface area contributed by atoms with Crippen LogP contribution in [-0.2, 0) is 20.9 Å². The number of hydrogen-bond donors (Lipinski definition) is 1. The summed E-state index contributed by atoms with van der Waals surface area (Å²) < 4.78 is 10.5. The third-order valence-corrected chi connectivity index (χ3v) is 3.19. The molecule has 2 unspecified atom stereocenters. The summed E-state index contributed by atoms with van der Waals surface area (Å²) >= 11 is 0. The molecule has 0 radical (unpaired) electrons. The van der Waals surface area contributed by atoms with Crippen LogP contribution in [0, 0.1) is 0 Å². The van der Waals surface area contributed by atoms with Crippen molar-refractivity contribution in [3.8, 4) is 0 Å². The van der Waals surface area contributed by atoms with Gasteiger partial charge in [-0.3, -0.25) is 4.79 Å². The second-order valence-corrected chi connectivity index (χ2v) is 4.46. The number of carbonyl (C=O) groups is 2. The average Bonchev–Trinajstić information content (AvgIpc) is 3.06. The molecule has 0 bridgehead atoms. The van der Waals surface area contributed by atoms with Crippen molar-refractivity contribution in [3.05, 3.63) is 24.2 Å². The maximum atomic E-state index is 12.2. The molecule has 1 aromatic rings. The summed E-state index contributed by atoms with van der Waals surface area (Å²) in [6.45, 7) is 2.77. The number of rotatable bonds is 5. The summed E-state index contributed by atoms with van der Waals surface area (Å²) in [4.78, 5) is 24.6. The van der Waals surface area contributed by atoms with Gasteiger partial charge in [0.2, 0.25) is 0 Å². The molecule has 104 valence electrons. The Morgan fingerprint density at radius 2 is 2.16 bits per heavy atom. The van der Waals surface area contributed by atoms with E-state index in [1.807, 2.05) is 6.92 Å². The number of hydrogen-bond acceptors (Lipinski definition) is 4. The molecular formula is C13H17NO5. The maximum absolute atomic E-state index is 12.2.